The number of ketones is 1. The molecular formula is C15H14O4. The molecule has 4 nitrogen and oxygen atoms in total. The minimum absolute atomic E-state index is 0.0785. The minimum atomic E-state index is -0.600. The molecule has 0 N–H and O–H groups in total. The second-order valence-corrected chi connectivity index (χ2v) is 4.16. The number of hydrogen-bond donors (Lipinski definition) is 0. The van der Waals surface area contributed by atoms with E-state index in [9.17, 15) is 9.59 Å². The van der Waals surface area contributed by atoms with Crippen LogP contribution in [-0.2, 0) is 20.7 Å². The molecule has 0 fully saturated rings. The number of carbonyl (C=O) groups excluding carboxylic acids is 2. The molecule has 1 heterocycles. The van der Waals surface area contributed by atoms with Crippen molar-refractivity contribution in [3.63, 3.8) is 0 Å². The van der Waals surface area contributed by atoms with Crippen LogP contribution in [-0.4, -0.2) is 18.9 Å². The van der Waals surface area contributed by atoms with E-state index in [0.29, 0.717) is 6.42 Å². The van der Waals surface area contributed by atoms with Gasteiger partial charge >= 0.3 is 5.97 Å². The van der Waals surface area contributed by atoms with Crippen molar-refractivity contribution in [3.8, 4) is 0 Å². The molecule has 0 atom stereocenters. The summed E-state index contributed by atoms with van der Waals surface area (Å²) in [6, 6.07) is 7.60. The largest absolute Gasteiger partial charge is 0.465 e. The number of rotatable bonds is 4. The summed E-state index contributed by atoms with van der Waals surface area (Å²) in [7, 11) is 1.26. The summed E-state index contributed by atoms with van der Waals surface area (Å²) < 4.78 is 9.83. The maximum absolute atomic E-state index is 11.4. The summed E-state index contributed by atoms with van der Waals surface area (Å²) >= 11 is 0. The van der Waals surface area contributed by atoms with Crippen LogP contribution in [0.3, 0.4) is 0 Å². The molecule has 0 aliphatic rings. The molecule has 1 aromatic heterocycles. The van der Waals surface area contributed by atoms with Crippen molar-refractivity contribution >= 4 is 22.7 Å². The average molecular weight is 258 g/mol. The third-order valence-corrected chi connectivity index (χ3v) is 2.84. The fourth-order valence-corrected chi connectivity index (χ4v) is 1.84. The van der Waals surface area contributed by atoms with Crippen molar-refractivity contribution < 1.29 is 18.7 Å². The Kier molecular flexibility index (Phi) is 3.80. The number of fused-ring (bicyclic) bond motifs is 1. The Bertz CT molecular complexity index is 649. The van der Waals surface area contributed by atoms with Gasteiger partial charge in [0, 0.05) is 5.39 Å². The molecule has 98 valence electrons. The van der Waals surface area contributed by atoms with Gasteiger partial charge in [0.25, 0.3) is 0 Å². The van der Waals surface area contributed by atoms with E-state index in [0.717, 1.165) is 16.5 Å². The van der Waals surface area contributed by atoms with Gasteiger partial charge in [-0.15, -0.1) is 0 Å². The van der Waals surface area contributed by atoms with Gasteiger partial charge in [0.1, 0.15) is 5.58 Å². The summed E-state index contributed by atoms with van der Waals surface area (Å²) in [4.78, 5) is 22.8. The number of benzene rings is 1. The smallest absolute Gasteiger partial charge is 0.341 e. The van der Waals surface area contributed by atoms with Crippen molar-refractivity contribution in [1.82, 2.24) is 0 Å². The van der Waals surface area contributed by atoms with Crippen LogP contribution in [0.25, 0.3) is 11.0 Å². The molecule has 0 aliphatic carbocycles. The third kappa shape index (κ3) is 2.91. The standard InChI is InChI=1S/C15H14O4/c1-10(16)13(15(17)18-2)5-3-11-4-6-14-12(9-11)7-8-19-14/h4-9H,3H2,1-2H3. The van der Waals surface area contributed by atoms with Crippen LogP contribution in [0, 0.1) is 0 Å². The lowest BCUT2D eigenvalue weighted by Crippen LogP contribution is -2.12. The van der Waals surface area contributed by atoms with Crippen LogP contribution < -0.4 is 0 Å². The number of hydrogen-bond acceptors (Lipinski definition) is 4. The maximum Gasteiger partial charge on any atom is 0.341 e. The van der Waals surface area contributed by atoms with Gasteiger partial charge in [0.15, 0.2) is 5.78 Å². The lowest BCUT2D eigenvalue weighted by atomic mass is 10.1. The van der Waals surface area contributed by atoms with E-state index in [1.54, 1.807) is 12.3 Å². The van der Waals surface area contributed by atoms with Crippen LogP contribution in [0.5, 0.6) is 0 Å². The first-order valence-corrected chi connectivity index (χ1v) is 5.87. The monoisotopic (exact) mass is 258 g/mol. The number of furan rings is 1. The molecular weight excluding hydrogens is 244 g/mol. The third-order valence-electron chi connectivity index (χ3n) is 2.84. The molecule has 19 heavy (non-hydrogen) atoms. The molecule has 4 heteroatoms. The van der Waals surface area contributed by atoms with Crippen LogP contribution in [0.15, 0.2) is 46.6 Å². The van der Waals surface area contributed by atoms with Crippen LogP contribution in [0.2, 0.25) is 0 Å². The highest BCUT2D eigenvalue weighted by molar-refractivity contribution is 6.16. The molecule has 0 unspecified atom stereocenters. The normalized spacial score (nSPS) is 11.6. The quantitative estimate of drug-likeness (QED) is 0.366. The topological polar surface area (TPSA) is 56.5 Å². The molecule has 0 bridgehead atoms. The first-order chi connectivity index (χ1) is 9.11. The Labute approximate surface area is 110 Å². The first-order valence-electron chi connectivity index (χ1n) is 5.87. The summed E-state index contributed by atoms with van der Waals surface area (Å²) in [5.41, 5.74) is 1.89. The Morgan fingerprint density at radius 3 is 2.79 bits per heavy atom. The van der Waals surface area contributed by atoms with Gasteiger partial charge in [-0.1, -0.05) is 12.1 Å². The second-order valence-electron chi connectivity index (χ2n) is 4.16. The second kappa shape index (κ2) is 5.52. The van der Waals surface area contributed by atoms with E-state index >= 15 is 0 Å². The van der Waals surface area contributed by atoms with Crippen LogP contribution in [0.1, 0.15) is 12.5 Å². The van der Waals surface area contributed by atoms with Gasteiger partial charge in [0.2, 0.25) is 0 Å². The van der Waals surface area contributed by atoms with Crippen molar-refractivity contribution in [1.29, 1.82) is 0 Å². The Morgan fingerprint density at radius 1 is 1.32 bits per heavy atom. The fourth-order valence-electron chi connectivity index (χ4n) is 1.84. The first kappa shape index (κ1) is 13.1. The maximum atomic E-state index is 11.4. The van der Waals surface area contributed by atoms with Crippen molar-refractivity contribution in [2.75, 3.05) is 7.11 Å². The number of methoxy groups -OCH3 is 1. The molecule has 1 aromatic carbocycles. The molecule has 0 saturated heterocycles. The Morgan fingerprint density at radius 2 is 2.11 bits per heavy atom. The highest BCUT2D eigenvalue weighted by atomic mass is 16.5. The van der Waals surface area contributed by atoms with Gasteiger partial charge < -0.3 is 9.15 Å². The molecule has 0 radical (unpaired) electrons. The van der Waals surface area contributed by atoms with E-state index in [1.807, 2.05) is 24.3 Å². The summed E-state index contributed by atoms with van der Waals surface area (Å²) in [6.45, 7) is 1.35. The predicted octanol–water partition coefficient (Wildman–Crippen LogP) is 2.66. The highest BCUT2D eigenvalue weighted by Gasteiger charge is 2.14. The van der Waals surface area contributed by atoms with Crippen molar-refractivity contribution in [2.24, 2.45) is 0 Å². The molecule has 2 rings (SSSR count). The molecule has 0 amide bonds. The fraction of sp³-hybridized carbons (Fsp3) is 0.200. The van der Waals surface area contributed by atoms with Crippen LogP contribution in [0.4, 0.5) is 0 Å². The number of esters is 1. The zero-order valence-electron chi connectivity index (χ0n) is 10.8. The predicted molar refractivity (Wildman–Crippen MR) is 70.7 cm³/mol. The summed E-state index contributed by atoms with van der Waals surface area (Å²) in [6.07, 6.45) is 3.71. The van der Waals surface area contributed by atoms with Gasteiger partial charge in [-0.2, -0.15) is 0 Å². The molecule has 0 spiro atoms. The minimum Gasteiger partial charge on any atom is -0.465 e. The van der Waals surface area contributed by atoms with Crippen molar-refractivity contribution in [3.05, 3.63) is 47.7 Å². The Hall–Kier alpha value is -2.36. The lowest BCUT2D eigenvalue weighted by Gasteiger charge is -2.02. The summed E-state index contributed by atoms with van der Waals surface area (Å²) in [5.74, 6) is -0.895. The van der Waals surface area contributed by atoms with Gasteiger partial charge in [0.05, 0.1) is 18.9 Å². The van der Waals surface area contributed by atoms with Gasteiger partial charge in [-0.05, 0) is 37.1 Å². The summed E-state index contributed by atoms with van der Waals surface area (Å²) in [5, 5.41) is 0.994. The van der Waals surface area contributed by atoms with Gasteiger partial charge in [-0.3, -0.25) is 4.79 Å². The van der Waals surface area contributed by atoms with E-state index in [4.69, 9.17) is 4.42 Å². The Balaban J connectivity index is 2.23. The lowest BCUT2D eigenvalue weighted by molar-refractivity contribution is -0.137. The van der Waals surface area contributed by atoms with E-state index < -0.39 is 5.97 Å². The van der Waals surface area contributed by atoms with E-state index in [2.05, 4.69) is 4.74 Å². The van der Waals surface area contributed by atoms with E-state index in [1.165, 1.54) is 14.0 Å². The number of ether oxygens (including phenoxy) is 1. The zero-order chi connectivity index (χ0) is 13.8. The van der Waals surface area contributed by atoms with Crippen molar-refractivity contribution in [2.45, 2.75) is 13.3 Å². The molecule has 0 aliphatic heterocycles. The van der Waals surface area contributed by atoms with E-state index in [-0.39, 0.29) is 11.4 Å². The zero-order valence-corrected chi connectivity index (χ0v) is 10.8. The number of Topliss-reactive ketones (excluding diaryl/α,β-unsaturated/α-hetero) is 1. The molecule has 2 aromatic rings. The number of carbonyl (C=O) groups is 2. The van der Waals surface area contributed by atoms with Gasteiger partial charge in [-0.25, -0.2) is 4.79 Å². The molecule has 0 saturated carbocycles. The highest BCUT2D eigenvalue weighted by Crippen LogP contribution is 2.17. The average Bonchev–Trinajstić information content (AvgIpc) is 2.85. The SMILES string of the molecule is COC(=O)C(=CCc1ccc2occc2c1)C(C)=O. The number of allylic oxidation sites excluding steroid dienone is 1. The van der Waals surface area contributed by atoms with Crippen LogP contribution >= 0.6 is 0 Å².